The number of hydrogen-bond donors (Lipinski definition) is 4. The van der Waals surface area contributed by atoms with Crippen LogP contribution < -0.4 is 21.3 Å². The molecule has 4 aliphatic heterocycles. The number of piperidine rings is 3. The predicted molar refractivity (Wildman–Crippen MR) is 183 cm³/mol. The summed E-state index contributed by atoms with van der Waals surface area (Å²) in [6, 6.07) is 8.32. The van der Waals surface area contributed by atoms with Crippen molar-refractivity contribution >= 4 is 40.9 Å². The number of nitrogens with zero attached hydrogens (tertiary/aromatic N) is 3. The summed E-state index contributed by atoms with van der Waals surface area (Å²) < 4.78 is 42.0. The van der Waals surface area contributed by atoms with Crippen molar-refractivity contribution in [2.75, 3.05) is 56.9 Å². The molecule has 0 bridgehead atoms. The standard InChI is InChI=1S/C35H45ClF3N7O3/c1-40-31-27(35(37,38)39)18-22(19-28(31)36)20-30(32(47)44-14-8-24(9-15-44)23-6-12-41-13-7-23)43-33(48)45-16-10-26(11-17-45)46-21-25-4-2-3-5-29(25)42-34(46)49/h2-5,18-19,23-24,26,30,40-41H,6-17,20-21H2,1H3,(H,42,49)(H,43,48)/t30-/m1/s1. The number of rotatable bonds is 7. The Morgan fingerprint density at radius 3 is 2.29 bits per heavy atom. The highest BCUT2D eigenvalue weighted by Gasteiger charge is 2.38. The van der Waals surface area contributed by atoms with Gasteiger partial charge in [-0.25, -0.2) is 9.59 Å². The minimum absolute atomic E-state index is 0.0651. The molecule has 0 spiro atoms. The zero-order chi connectivity index (χ0) is 34.7. The van der Waals surface area contributed by atoms with Gasteiger partial charge in [0.2, 0.25) is 5.91 Å². The first-order valence-electron chi connectivity index (χ1n) is 17.3. The Morgan fingerprint density at radius 1 is 0.959 bits per heavy atom. The maximum absolute atomic E-state index is 14.1. The second-order valence-corrected chi connectivity index (χ2v) is 14.0. The lowest BCUT2D eigenvalue weighted by atomic mass is 9.79. The molecule has 4 heterocycles. The number of hydrogen-bond acceptors (Lipinski definition) is 5. The van der Waals surface area contributed by atoms with Crippen molar-refractivity contribution in [1.82, 2.24) is 25.3 Å². The topological polar surface area (TPSA) is 109 Å². The molecular weight excluding hydrogens is 659 g/mol. The van der Waals surface area contributed by atoms with E-state index in [9.17, 15) is 27.6 Å². The minimum Gasteiger partial charge on any atom is -0.386 e. The van der Waals surface area contributed by atoms with Crippen molar-refractivity contribution in [2.24, 2.45) is 11.8 Å². The number of alkyl halides is 3. The van der Waals surface area contributed by atoms with Crippen LogP contribution in [0.2, 0.25) is 5.02 Å². The third kappa shape index (κ3) is 8.03. The Kier molecular flexibility index (Phi) is 10.8. The van der Waals surface area contributed by atoms with E-state index < -0.39 is 23.8 Å². The highest BCUT2D eigenvalue weighted by molar-refractivity contribution is 6.33. The largest absolute Gasteiger partial charge is 0.418 e. The third-order valence-corrected chi connectivity index (χ3v) is 11.0. The maximum atomic E-state index is 14.1. The van der Waals surface area contributed by atoms with Crippen LogP contribution in [0.5, 0.6) is 0 Å². The van der Waals surface area contributed by atoms with Crippen LogP contribution in [0, 0.1) is 11.8 Å². The van der Waals surface area contributed by atoms with E-state index in [1.165, 1.54) is 13.1 Å². The number of halogens is 4. The van der Waals surface area contributed by atoms with Gasteiger partial charge in [0.15, 0.2) is 0 Å². The summed E-state index contributed by atoms with van der Waals surface area (Å²) in [5.74, 6) is 0.840. The highest BCUT2D eigenvalue weighted by Crippen LogP contribution is 2.40. The second-order valence-electron chi connectivity index (χ2n) is 13.6. The molecule has 14 heteroatoms. The summed E-state index contributed by atoms with van der Waals surface area (Å²) in [4.78, 5) is 45.8. The van der Waals surface area contributed by atoms with Gasteiger partial charge < -0.3 is 36.0 Å². The molecule has 2 aromatic carbocycles. The van der Waals surface area contributed by atoms with Crippen molar-refractivity contribution in [1.29, 1.82) is 0 Å². The van der Waals surface area contributed by atoms with Gasteiger partial charge in [0.25, 0.3) is 0 Å². The summed E-state index contributed by atoms with van der Waals surface area (Å²) in [6.45, 7) is 4.31. The number of benzene rings is 2. The molecule has 0 unspecified atom stereocenters. The van der Waals surface area contributed by atoms with E-state index in [-0.39, 0.29) is 40.7 Å². The van der Waals surface area contributed by atoms with Crippen LogP contribution in [0.25, 0.3) is 0 Å². The van der Waals surface area contributed by atoms with Crippen LogP contribution >= 0.6 is 11.6 Å². The molecule has 3 saturated heterocycles. The Bertz CT molecular complexity index is 1520. The fraction of sp³-hybridized carbons (Fsp3) is 0.571. The molecule has 1 atom stereocenters. The number of nitrogens with one attached hydrogen (secondary N) is 4. The van der Waals surface area contributed by atoms with Gasteiger partial charge in [-0.3, -0.25) is 4.79 Å². The smallest absolute Gasteiger partial charge is 0.386 e. The molecule has 4 N–H and O–H groups in total. The normalized spacial score (nSPS) is 20.4. The fourth-order valence-corrected chi connectivity index (χ4v) is 8.30. The lowest BCUT2D eigenvalue weighted by Crippen LogP contribution is -2.57. The summed E-state index contributed by atoms with van der Waals surface area (Å²) in [5, 5.41) is 11.6. The average Bonchev–Trinajstić information content (AvgIpc) is 3.10. The highest BCUT2D eigenvalue weighted by atomic mass is 35.5. The molecule has 266 valence electrons. The molecule has 10 nitrogen and oxygen atoms in total. The first kappa shape index (κ1) is 35.1. The Labute approximate surface area is 290 Å². The number of urea groups is 2. The maximum Gasteiger partial charge on any atom is 0.418 e. The van der Waals surface area contributed by atoms with Crippen LogP contribution in [0.4, 0.5) is 34.1 Å². The number of para-hydroxylation sites is 1. The first-order valence-corrected chi connectivity index (χ1v) is 17.7. The number of amides is 5. The van der Waals surface area contributed by atoms with Gasteiger partial charge in [-0.2, -0.15) is 13.2 Å². The van der Waals surface area contributed by atoms with Crippen LogP contribution in [-0.4, -0.2) is 91.1 Å². The number of likely N-dealkylation sites (tertiary alicyclic amines) is 2. The zero-order valence-corrected chi connectivity index (χ0v) is 28.5. The monoisotopic (exact) mass is 703 g/mol. The van der Waals surface area contributed by atoms with E-state index in [1.54, 1.807) is 14.7 Å². The van der Waals surface area contributed by atoms with Crippen LogP contribution in [0.3, 0.4) is 0 Å². The summed E-state index contributed by atoms with van der Waals surface area (Å²) in [6.07, 6.45) is 0.261. The number of carbonyl (C=O) groups is 3. The Morgan fingerprint density at radius 2 is 1.61 bits per heavy atom. The summed E-state index contributed by atoms with van der Waals surface area (Å²) in [5.41, 5.74) is 0.869. The Hall–Kier alpha value is -3.71. The van der Waals surface area contributed by atoms with Crippen molar-refractivity contribution in [3.8, 4) is 0 Å². The molecular formula is C35H45ClF3N7O3. The third-order valence-electron chi connectivity index (χ3n) is 10.7. The lowest BCUT2D eigenvalue weighted by molar-refractivity contribution is -0.137. The summed E-state index contributed by atoms with van der Waals surface area (Å²) >= 11 is 6.30. The number of fused-ring (bicyclic) bond motifs is 1. The molecule has 2 aromatic rings. The fourth-order valence-electron chi connectivity index (χ4n) is 7.96. The second kappa shape index (κ2) is 15.0. The van der Waals surface area contributed by atoms with Crippen molar-refractivity contribution in [3.05, 3.63) is 58.1 Å². The van der Waals surface area contributed by atoms with Gasteiger partial charge in [-0.05, 0) is 92.8 Å². The Balaban J connectivity index is 1.14. The van der Waals surface area contributed by atoms with Gasteiger partial charge in [-0.15, -0.1) is 0 Å². The lowest BCUT2D eigenvalue weighted by Gasteiger charge is -2.41. The van der Waals surface area contributed by atoms with E-state index in [0.29, 0.717) is 57.4 Å². The molecule has 4 aliphatic rings. The molecule has 0 radical (unpaired) electrons. The van der Waals surface area contributed by atoms with E-state index in [4.69, 9.17) is 11.6 Å². The predicted octanol–water partition coefficient (Wildman–Crippen LogP) is 5.77. The first-order chi connectivity index (χ1) is 23.5. The van der Waals surface area contributed by atoms with Crippen LogP contribution in [-0.2, 0) is 23.9 Å². The molecule has 0 aliphatic carbocycles. The molecule has 3 fully saturated rings. The SMILES string of the molecule is CNc1c(Cl)cc(C[C@@H](NC(=O)N2CCC(N3Cc4ccccc4NC3=O)CC2)C(=O)N2CCC(C3CCNCC3)CC2)cc1C(F)(F)F. The van der Waals surface area contributed by atoms with Gasteiger partial charge in [0.1, 0.15) is 6.04 Å². The average molecular weight is 704 g/mol. The minimum atomic E-state index is -4.67. The number of anilines is 2. The van der Waals surface area contributed by atoms with Crippen LogP contribution in [0.1, 0.15) is 55.2 Å². The van der Waals surface area contributed by atoms with E-state index in [2.05, 4.69) is 21.3 Å². The van der Waals surface area contributed by atoms with Crippen molar-refractivity contribution in [3.63, 3.8) is 0 Å². The summed E-state index contributed by atoms with van der Waals surface area (Å²) in [7, 11) is 1.37. The van der Waals surface area contributed by atoms with Crippen molar-refractivity contribution in [2.45, 2.75) is 69.8 Å². The molecule has 0 aromatic heterocycles. The molecule has 6 rings (SSSR count). The van der Waals surface area contributed by atoms with E-state index in [0.717, 1.165) is 56.1 Å². The molecule has 5 amide bonds. The zero-order valence-electron chi connectivity index (χ0n) is 27.8. The van der Waals surface area contributed by atoms with Gasteiger partial charge in [0, 0.05) is 57.9 Å². The quantitative estimate of drug-likeness (QED) is 0.293. The van der Waals surface area contributed by atoms with Gasteiger partial charge >= 0.3 is 18.2 Å². The van der Waals surface area contributed by atoms with Gasteiger partial charge in [-0.1, -0.05) is 29.8 Å². The molecule has 0 saturated carbocycles. The number of carbonyl (C=O) groups excluding carboxylic acids is 3. The van der Waals surface area contributed by atoms with E-state index in [1.807, 2.05) is 24.3 Å². The van der Waals surface area contributed by atoms with Gasteiger partial charge in [0.05, 0.1) is 16.3 Å². The van der Waals surface area contributed by atoms with Crippen molar-refractivity contribution < 1.29 is 27.6 Å². The van der Waals surface area contributed by atoms with Crippen LogP contribution in [0.15, 0.2) is 36.4 Å². The molecule has 49 heavy (non-hydrogen) atoms. The van der Waals surface area contributed by atoms with E-state index >= 15 is 0 Å².